The smallest absolute Gasteiger partial charge is 0.255 e. The molecule has 5 nitrogen and oxygen atoms in total. The van der Waals surface area contributed by atoms with Gasteiger partial charge in [0.15, 0.2) is 0 Å². The van der Waals surface area contributed by atoms with Crippen molar-refractivity contribution in [1.29, 1.82) is 0 Å². The molecule has 0 saturated heterocycles. The second kappa shape index (κ2) is 5.14. The maximum atomic E-state index is 12.2. The van der Waals surface area contributed by atoms with Crippen molar-refractivity contribution in [2.45, 2.75) is 25.3 Å². The number of nitrogens with one attached hydrogen (secondary N) is 1. The number of pyridine rings is 1. The fourth-order valence-corrected chi connectivity index (χ4v) is 2.00. The Morgan fingerprint density at radius 3 is 2.71 bits per heavy atom. The van der Waals surface area contributed by atoms with Crippen LogP contribution < -0.4 is 11.3 Å². The van der Waals surface area contributed by atoms with Gasteiger partial charge < -0.3 is 15.6 Å². The van der Waals surface area contributed by atoms with Crippen LogP contribution in [0, 0.1) is 0 Å². The molecule has 0 spiro atoms. The van der Waals surface area contributed by atoms with Crippen LogP contribution in [0.2, 0.25) is 0 Å². The molecule has 1 saturated carbocycles. The number of aromatic amines is 1. The summed E-state index contributed by atoms with van der Waals surface area (Å²) >= 11 is 0. The molecule has 0 unspecified atom stereocenters. The summed E-state index contributed by atoms with van der Waals surface area (Å²) in [4.78, 5) is 27.5. The minimum Gasteiger partial charge on any atom is -0.334 e. The number of carbonyl (C=O) groups is 1. The summed E-state index contributed by atoms with van der Waals surface area (Å²) in [6, 6.07) is 3.25. The van der Waals surface area contributed by atoms with Gasteiger partial charge in [-0.05, 0) is 25.3 Å². The SMILES string of the molecule is NCCN(C(=O)c1ccc(=O)[nH]c1)C1CCC1. The Balaban J connectivity index is 2.14. The van der Waals surface area contributed by atoms with Crippen molar-refractivity contribution in [3.05, 3.63) is 34.2 Å². The molecule has 1 aliphatic rings. The van der Waals surface area contributed by atoms with Gasteiger partial charge in [0.25, 0.3) is 5.91 Å². The molecule has 1 amide bonds. The van der Waals surface area contributed by atoms with Gasteiger partial charge in [-0.1, -0.05) is 0 Å². The van der Waals surface area contributed by atoms with Crippen molar-refractivity contribution in [3.63, 3.8) is 0 Å². The lowest BCUT2D eigenvalue weighted by atomic mass is 9.91. The van der Waals surface area contributed by atoms with E-state index in [4.69, 9.17) is 5.73 Å². The summed E-state index contributed by atoms with van der Waals surface area (Å²) < 4.78 is 0. The average molecular weight is 235 g/mol. The van der Waals surface area contributed by atoms with Crippen LogP contribution in [0.4, 0.5) is 0 Å². The molecule has 1 aromatic rings. The van der Waals surface area contributed by atoms with Crippen molar-refractivity contribution in [3.8, 4) is 0 Å². The van der Waals surface area contributed by atoms with E-state index in [9.17, 15) is 9.59 Å². The molecule has 3 N–H and O–H groups in total. The zero-order chi connectivity index (χ0) is 12.3. The lowest BCUT2D eigenvalue weighted by Crippen LogP contribution is -2.46. The summed E-state index contributed by atoms with van der Waals surface area (Å²) in [5.74, 6) is -0.0450. The molecule has 1 aromatic heterocycles. The molecule has 0 aromatic carbocycles. The molecule has 0 bridgehead atoms. The van der Waals surface area contributed by atoms with Crippen LogP contribution in [0.25, 0.3) is 0 Å². The van der Waals surface area contributed by atoms with Crippen LogP contribution in [-0.4, -0.2) is 34.9 Å². The summed E-state index contributed by atoms with van der Waals surface area (Å²) in [7, 11) is 0. The van der Waals surface area contributed by atoms with Crippen molar-refractivity contribution in [2.24, 2.45) is 5.73 Å². The minimum absolute atomic E-state index is 0.0450. The van der Waals surface area contributed by atoms with Crippen molar-refractivity contribution in [2.75, 3.05) is 13.1 Å². The third-order valence-electron chi connectivity index (χ3n) is 3.18. The Morgan fingerprint density at radius 1 is 1.47 bits per heavy atom. The Morgan fingerprint density at radius 2 is 2.24 bits per heavy atom. The quantitative estimate of drug-likeness (QED) is 0.789. The average Bonchev–Trinajstić information content (AvgIpc) is 2.26. The highest BCUT2D eigenvalue weighted by molar-refractivity contribution is 5.94. The van der Waals surface area contributed by atoms with Gasteiger partial charge in [0, 0.05) is 31.4 Å². The number of rotatable bonds is 4. The highest BCUT2D eigenvalue weighted by Gasteiger charge is 2.28. The Hall–Kier alpha value is -1.62. The number of hydrogen-bond donors (Lipinski definition) is 2. The number of carbonyl (C=O) groups excluding carboxylic acids is 1. The zero-order valence-electron chi connectivity index (χ0n) is 9.69. The van der Waals surface area contributed by atoms with E-state index in [2.05, 4.69) is 4.98 Å². The van der Waals surface area contributed by atoms with Crippen molar-refractivity contribution < 1.29 is 4.79 Å². The number of nitrogens with zero attached hydrogens (tertiary/aromatic N) is 1. The van der Waals surface area contributed by atoms with Crippen molar-refractivity contribution in [1.82, 2.24) is 9.88 Å². The molecular formula is C12H17N3O2. The molecule has 2 rings (SSSR count). The monoisotopic (exact) mass is 235 g/mol. The van der Waals surface area contributed by atoms with Crippen LogP contribution in [0.15, 0.2) is 23.1 Å². The lowest BCUT2D eigenvalue weighted by Gasteiger charge is -2.37. The fourth-order valence-electron chi connectivity index (χ4n) is 2.00. The van der Waals surface area contributed by atoms with Gasteiger partial charge in [0.2, 0.25) is 5.56 Å². The molecule has 1 fully saturated rings. The van der Waals surface area contributed by atoms with E-state index in [1.807, 2.05) is 4.90 Å². The van der Waals surface area contributed by atoms with Crippen LogP contribution >= 0.6 is 0 Å². The highest BCUT2D eigenvalue weighted by Crippen LogP contribution is 2.25. The Bertz CT molecular complexity index is 431. The third kappa shape index (κ3) is 2.55. The molecule has 92 valence electrons. The van der Waals surface area contributed by atoms with Gasteiger partial charge in [0.1, 0.15) is 0 Å². The molecule has 0 aliphatic heterocycles. The molecule has 0 radical (unpaired) electrons. The molecule has 1 heterocycles. The van der Waals surface area contributed by atoms with Gasteiger partial charge in [-0.2, -0.15) is 0 Å². The van der Waals surface area contributed by atoms with Crippen LogP contribution in [0.1, 0.15) is 29.6 Å². The second-order valence-electron chi connectivity index (χ2n) is 4.31. The Kier molecular flexibility index (Phi) is 3.58. The summed E-state index contributed by atoms with van der Waals surface area (Å²) in [6.07, 6.45) is 4.74. The summed E-state index contributed by atoms with van der Waals surface area (Å²) in [5.41, 5.74) is 5.85. The van der Waals surface area contributed by atoms with Gasteiger partial charge in [0.05, 0.1) is 5.56 Å². The van der Waals surface area contributed by atoms with Crippen LogP contribution in [-0.2, 0) is 0 Å². The standard InChI is InChI=1S/C12H17N3O2/c13-6-7-15(10-2-1-3-10)12(17)9-4-5-11(16)14-8-9/h4-5,8,10H,1-3,6-7,13H2,(H,14,16). The molecule has 0 atom stereocenters. The van der Waals surface area contributed by atoms with Gasteiger partial charge in [-0.3, -0.25) is 9.59 Å². The first-order valence-electron chi connectivity index (χ1n) is 5.92. The highest BCUT2D eigenvalue weighted by atomic mass is 16.2. The summed E-state index contributed by atoms with van der Waals surface area (Å²) in [5, 5.41) is 0. The van der Waals surface area contributed by atoms with Crippen LogP contribution in [0.5, 0.6) is 0 Å². The first-order valence-corrected chi connectivity index (χ1v) is 5.92. The first-order chi connectivity index (χ1) is 8.22. The predicted molar refractivity (Wildman–Crippen MR) is 64.8 cm³/mol. The van der Waals surface area contributed by atoms with Gasteiger partial charge in [-0.15, -0.1) is 0 Å². The Labute approximate surface area is 99.6 Å². The van der Waals surface area contributed by atoms with Gasteiger partial charge in [-0.25, -0.2) is 0 Å². The topological polar surface area (TPSA) is 79.2 Å². The van der Waals surface area contributed by atoms with E-state index < -0.39 is 0 Å². The zero-order valence-corrected chi connectivity index (χ0v) is 9.69. The van der Waals surface area contributed by atoms with E-state index in [0.29, 0.717) is 24.7 Å². The molecule has 1 aliphatic carbocycles. The molecule has 5 heteroatoms. The molecular weight excluding hydrogens is 218 g/mol. The number of amides is 1. The number of nitrogens with two attached hydrogens (primary N) is 1. The van der Waals surface area contributed by atoms with Crippen molar-refractivity contribution >= 4 is 5.91 Å². The second-order valence-corrected chi connectivity index (χ2v) is 4.31. The largest absolute Gasteiger partial charge is 0.334 e. The number of aromatic nitrogens is 1. The van der Waals surface area contributed by atoms with E-state index in [0.717, 1.165) is 12.8 Å². The maximum absolute atomic E-state index is 12.2. The first kappa shape index (κ1) is 11.9. The predicted octanol–water partition coefficient (Wildman–Crippen LogP) is 0.328. The normalized spacial score (nSPS) is 15.4. The third-order valence-corrected chi connectivity index (χ3v) is 3.18. The molecule has 17 heavy (non-hydrogen) atoms. The van der Waals surface area contributed by atoms with E-state index in [1.165, 1.54) is 18.7 Å². The van der Waals surface area contributed by atoms with E-state index in [-0.39, 0.29) is 11.5 Å². The van der Waals surface area contributed by atoms with Gasteiger partial charge >= 0.3 is 0 Å². The summed E-state index contributed by atoms with van der Waals surface area (Å²) in [6.45, 7) is 1.04. The van der Waals surface area contributed by atoms with E-state index in [1.54, 1.807) is 6.07 Å². The van der Waals surface area contributed by atoms with Crippen LogP contribution in [0.3, 0.4) is 0 Å². The fraction of sp³-hybridized carbons (Fsp3) is 0.500. The number of hydrogen-bond acceptors (Lipinski definition) is 3. The minimum atomic E-state index is -0.199. The maximum Gasteiger partial charge on any atom is 0.255 e. The lowest BCUT2D eigenvalue weighted by molar-refractivity contribution is 0.0588. The van der Waals surface area contributed by atoms with E-state index >= 15 is 0 Å². The number of H-pyrrole nitrogens is 1.